The van der Waals surface area contributed by atoms with Crippen molar-refractivity contribution in [3.8, 4) is 5.75 Å². The summed E-state index contributed by atoms with van der Waals surface area (Å²) in [6, 6.07) is 4.13. The molecular weight excluding hydrogens is 593 g/mol. The van der Waals surface area contributed by atoms with Crippen LogP contribution < -0.4 is 20.7 Å². The van der Waals surface area contributed by atoms with Crippen LogP contribution >= 0.6 is 0 Å². The van der Waals surface area contributed by atoms with Crippen molar-refractivity contribution in [3.05, 3.63) is 35.5 Å². The molecule has 2 atom stereocenters. The molecule has 44 heavy (non-hydrogen) atoms. The van der Waals surface area contributed by atoms with E-state index in [-0.39, 0.29) is 56.8 Å². The summed E-state index contributed by atoms with van der Waals surface area (Å²) in [6.07, 6.45) is -3.21. The Morgan fingerprint density at radius 2 is 1.93 bits per heavy atom. The van der Waals surface area contributed by atoms with E-state index >= 15 is 0 Å². The van der Waals surface area contributed by atoms with Crippen molar-refractivity contribution in [2.45, 2.75) is 70.4 Å². The van der Waals surface area contributed by atoms with Gasteiger partial charge in [0, 0.05) is 41.9 Å². The minimum Gasteiger partial charge on any atom is -0.496 e. The van der Waals surface area contributed by atoms with Gasteiger partial charge in [0.25, 0.3) is 5.91 Å². The highest BCUT2D eigenvalue weighted by Crippen LogP contribution is 2.70. The molecule has 0 aliphatic heterocycles. The van der Waals surface area contributed by atoms with Crippen LogP contribution in [-0.2, 0) is 16.3 Å². The summed E-state index contributed by atoms with van der Waals surface area (Å²) < 4.78 is 79.6. The van der Waals surface area contributed by atoms with Gasteiger partial charge in [0.15, 0.2) is 20.2 Å². The molecule has 0 radical (unpaired) electrons. The lowest BCUT2D eigenvalue weighted by Crippen LogP contribution is -2.44. The summed E-state index contributed by atoms with van der Waals surface area (Å²) in [5, 5.41) is 11.8. The molecule has 1 aromatic carbocycles. The molecular formula is C30H39F3N6O4Si. The number of fused-ring (bicyclic) bond motifs is 1. The molecule has 2 fully saturated rings. The number of nitrogens with one attached hydrogen (secondary N) is 3. The monoisotopic (exact) mass is 635 g/mol. The molecule has 2 amide bonds. The van der Waals surface area contributed by atoms with E-state index in [1.54, 1.807) is 20.1 Å². The van der Waals surface area contributed by atoms with E-state index in [0.717, 1.165) is 25.5 Å². The van der Waals surface area contributed by atoms with Crippen molar-refractivity contribution in [2.75, 3.05) is 24.7 Å². The topological polar surface area (TPSA) is 119 Å². The Bertz CT molecular complexity index is 1730. The number of hydrogen-bond donors (Lipinski definition) is 3. The third-order valence-corrected chi connectivity index (χ3v) is 13.6. The first-order valence-corrected chi connectivity index (χ1v) is 17.2. The number of aryl methyl sites for hydroxylation is 1. The second-order valence-electron chi connectivity index (χ2n) is 13.2. The van der Waals surface area contributed by atoms with Crippen molar-refractivity contribution in [1.29, 1.82) is 0 Å². The zero-order chi connectivity index (χ0) is 34.9. The number of carbonyl (C=O) groups excluding carboxylic acids is 2. The van der Waals surface area contributed by atoms with E-state index in [4.69, 9.17) is 13.3 Å². The Labute approximate surface area is 259 Å². The summed E-state index contributed by atoms with van der Waals surface area (Å²) in [6.45, 7) is 6.17. The molecule has 2 aromatic heterocycles. The quantitative estimate of drug-likeness (QED) is 0.232. The smallest absolute Gasteiger partial charge is 0.417 e. The predicted octanol–water partition coefficient (Wildman–Crippen LogP) is 6.44. The van der Waals surface area contributed by atoms with Gasteiger partial charge in [-0.25, -0.2) is 4.98 Å². The van der Waals surface area contributed by atoms with Gasteiger partial charge in [-0.2, -0.15) is 18.3 Å². The molecule has 0 bridgehead atoms. The Balaban J connectivity index is 1.60. The number of anilines is 3. The van der Waals surface area contributed by atoms with Gasteiger partial charge >= 0.3 is 6.18 Å². The minimum atomic E-state index is -4.79. The second-order valence-corrected chi connectivity index (χ2v) is 17.9. The highest BCUT2D eigenvalue weighted by Gasteiger charge is 2.65. The lowest BCUT2D eigenvalue weighted by molar-refractivity contribution is -0.201. The standard InChI is InChI=1S/C30H39F3N6O4Si/c1-28(2,3)44(7,8)43-24(30(31,32)33)16-9-10-20-22(23(16)42-6)25(38-39(20)5)36-19-13-21(35-15-17(19)26(40)34-4)37-27(41)18-14-29(18)11-12-29/h9-10,13,15,18,24H,11-12,14H2,1-8H3,(H,34,40)(H2,35,36,37,38,41)/t18?,24-/m0/s1/i4D3. The highest BCUT2D eigenvalue weighted by atomic mass is 28.4. The van der Waals surface area contributed by atoms with Gasteiger partial charge in [-0.3, -0.25) is 14.3 Å². The van der Waals surface area contributed by atoms with Crippen LogP contribution in [-0.4, -0.2) is 55.2 Å². The highest BCUT2D eigenvalue weighted by molar-refractivity contribution is 6.74. The Hall–Kier alpha value is -3.65. The first kappa shape index (κ1) is 27.9. The fraction of sp³-hybridized carbons (Fsp3) is 0.533. The van der Waals surface area contributed by atoms with Gasteiger partial charge in [-0.05, 0) is 48.9 Å². The maximum absolute atomic E-state index is 14.7. The van der Waals surface area contributed by atoms with E-state index in [1.807, 2.05) is 26.1 Å². The Kier molecular flexibility index (Phi) is 6.81. The summed E-state index contributed by atoms with van der Waals surface area (Å²) in [4.78, 5) is 30.1. The largest absolute Gasteiger partial charge is 0.496 e. The molecule has 2 aliphatic carbocycles. The number of hydrogen-bond acceptors (Lipinski definition) is 7. The minimum absolute atomic E-state index is 0.00586. The molecule has 14 heteroatoms. The number of rotatable bonds is 9. The Morgan fingerprint density at radius 1 is 1.23 bits per heavy atom. The molecule has 1 unspecified atom stereocenters. The summed E-state index contributed by atoms with van der Waals surface area (Å²) in [7, 11) is -0.114. The molecule has 2 aliphatic rings. The number of methoxy groups -OCH3 is 1. The Morgan fingerprint density at radius 3 is 2.50 bits per heavy atom. The van der Waals surface area contributed by atoms with Gasteiger partial charge < -0.3 is 25.1 Å². The van der Waals surface area contributed by atoms with Crippen LogP contribution in [0.5, 0.6) is 5.75 Å². The molecule has 10 nitrogen and oxygen atoms in total. The van der Waals surface area contributed by atoms with E-state index < -0.39 is 38.5 Å². The third-order valence-electron chi connectivity index (χ3n) is 9.17. The zero-order valence-electron chi connectivity index (χ0n) is 28.7. The number of alkyl halides is 3. The van der Waals surface area contributed by atoms with Crippen LogP contribution in [0.25, 0.3) is 10.9 Å². The first-order valence-electron chi connectivity index (χ1n) is 15.8. The molecule has 3 N–H and O–H groups in total. The number of benzene rings is 1. The molecule has 2 heterocycles. The predicted molar refractivity (Wildman–Crippen MR) is 164 cm³/mol. The lowest BCUT2D eigenvalue weighted by atomic mass is 10.0. The van der Waals surface area contributed by atoms with Crippen LogP contribution in [0.3, 0.4) is 0 Å². The van der Waals surface area contributed by atoms with Crippen LogP contribution in [0.15, 0.2) is 24.4 Å². The van der Waals surface area contributed by atoms with E-state index in [2.05, 4.69) is 20.7 Å². The van der Waals surface area contributed by atoms with Gasteiger partial charge in [-0.15, -0.1) is 0 Å². The normalized spacial score (nSPS) is 19.5. The van der Waals surface area contributed by atoms with Gasteiger partial charge in [0.05, 0.1) is 29.3 Å². The average molecular weight is 636 g/mol. The van der Waals surface area contributed by atoms with Gasteiger partial charge in [0.1, 0.15) is 11.6 Å². The van der Waals surface area contributed by atoms with Crippen molar-refractivity contribution in [1.82, 2.24) is 20.1 Å². The molecule has 5 rings (SSSR count). The number of aromatic nitrogens is 3. The molecule has 1 spiro atoms. The molecule has 238 valence electrons. The molecule has 0 saturated heterocycles. The maximum Gasteiger partial charge on any atom is 0.417 e. The van der Waals surface area contributed by atoms with Crippen molar-refractivity contribution < 1.29 is 36.0 Å². The van der Waals surface area contributed by atoms with Gasteiger partial charge in [0.2, 0.25) is 5.91 Å². The average Bonchev–Trinajstić information content (AvgIpc) is 3.84. The van der Waals surface area contributed by atoms with Crippen molar-refractivity contribution in [2.24, 2.45) is 18.4 Å². The lowest BCUT2D eigenvalue weighted by Gasteiger charge is -2.40. The zero-order valence-corrected chi connectivity index (χ0v) is 26.7. The van der Waals surface area contributed by atoms with E-state index in [1.165, 1.54) is 30.0 Å². The van der Waals surface area contributed by atoms with E-state index in [9.17, 15) is 22.8 Å². The van der Waals surface area contributed by atoms with Crippen LogP contribution in [0.1, 0.15) is 66.2 Å². The number of pyridine rings is 1. The summed E-state index contributed by atoms with van der Waals surface area (Å²) >= 11 is 0. The summed E-state index contributed by atoms with van der Waals surface area (Å²) in [5.74, 6) is -1.37. The maximum atomic E-state index is 14.7. The van der Waals surface area contributed by atoms with Crippen molar-refractivity contribution >= 4 is 48.4 Å². The molecule has 2 saturated carbocycles. The van der Waals surface area contributed by atoms with E-state index in [0.29, 0.717) is 5.52 Å². The number of amides is 2. The van der Waals surface area contributed by atoms with Crippen LogP contribution in [0.4, 0.5) is 30.5 Å². The second kappa shape index (κ2) is 10.8. The van der Waals surface area contributed by atoms with Crippen molar-refractivity contribution in [3.63, 3.8) is 0 Å². The fourth-order valence-electron chi connectivity index (χ4n) is 5.28. The van der Waals surface area contributed by atoms with Crippen LogP contribution in [0.2, 0.25) is 18.1 Å². The fourth-order valence-corrected chi connectivity index (χ4v) is 6.48. The summed E-state index contributed by atoms with van der Waals surface area (Å²) in [5.41, 5.74) is 0.0312. The number of halogens is 3. The first-order chi connectivity index (χ1) is 21.6. The third kappa shape index (κ3) is 5.76. The van der Waals surface area contributed by atoms with Crippen LogP contribution in [0, 0.1) is 11.3 Å². The molecule has 3 aromatic rings. The SMILES string of the molecule is [2H]C([2H])([2H])NC(=O)c1cnc(NC(=O)C2CC23CC3)cc1Nc1nn(C)c2ccc([C@H](O[Si](C)(C)C(C)(C)C)C(F)(F)F)c(OC)c12. The number of nitrogens with zero attached hydrogens (tertiary/aromatic N) is 3. The van der Waals surface area contributed by atoms with Gasteiger partial charge in [-0.1, -0.05) is 26.8 Å². The number of carbonyl (C=O) groups is 2. The number of ether oxygens (including phenoxy) is 1.